The molecule has 0 spiro atoms. The van der Waals surface area contributed by atoms with Crippen LogP contribution in [0.2, 0.25) is 0 Å². The third kappa shape index (κ3) is 5.11. The summed E-state index contributed by atoms with van der Waals surface area (Å²) in [6, 6.07) is 6.57. The van der Waals surface area contributed by atoms with E-state index in [0.717, 1.165) is 36.5 Å². The van der Waals surface area contributed by atoms with Crippen LogP contribution in [-0.4, -0.2) is 57.1 Å². The van der Waals surface area contributed by atoms with Crippen molar-refractivity contribution in [3.8, 4) is 0 Å². The van der Waals surface area contributed by atoms with Gasteiger partial charge in [0.15, 0.2) is 0 Å². The number of non-ortho nitro benzene ring substituents is 1. The van der Waals surface area contributed by atoms with Gasteiger partial charge in [0.05, 0.1) is 4.92 Å². The number of anilines is 1. The summed E-state index contributed by atoms with van der Waals surface area (Å²) in [6.45, 7) is 3.29. The number of nitro groups is 1. The number of nitro benzene ring substituents is 1. The third-order valence-corrected chi connectivity index (χ3v) is 6.80. The number of aromatic nitrogens is 2. The molecule has 0 radical (unpaired) electrons. The van der Waals surface area contributed by atoms with E-state index < -0.39 is 0 Å². The monoisotopic (exact) mass is 430 g/mol. The number of rotatable bonds is 5. The maximum atomic E-state index is 12.6. The average Bonchev–Trinajstić information content (AvgIpc) is 3.23. The molecule has 9 nitrogen and oxygen atoms in total. The molecule has 1 aliphatic heterocycles. The standard InChI is InChI=1S/C20H26N6O3S/c27-20(21-19-23-22-18(30-19)16-6-2-1-3-7-16)25-11-9-24(10-12-25)14-15-5-4-8-17(13-15)26(28)29/h4-5,8,13,16H,1-3,6-7,9-12,14H2,(H,21,23,27). The number of hydrogen-bond donors (Lipinski definition) is 1. The molecule has 1 aromatic heterocycles. The van der Waals surface area contributed by atoms with E-state index >= 15 is 0 Å². The molecule has 0 unspecified atom stereocenters. The predicted molar refractivity (Wildman–Crippen MR) is 115 cm³/mol. The summed E-state index contributed by atoms with van der Waals surface area (Å²) >= 11 is 1.49. The fraction of sp³-hybridized carbons (Fsp3) is 0.550. The second kappa shape index (κ2) is 9.48. The Morgan fingerprint density at radius 3 is 2.67 bits per heavy atom. The number of carbonyl (C=O) groups excluding carboxylic acids is 1. The Morgan fingerprint density at radius 1 is 1.17 bits per heavy atom. The molecule has 30 heavy (non-hydrogen) atoms. The Kier molecular flexibility index (Phi) is 6.53. The molecular formula is C20H26N6O3S. The van der Waals surface area contributed by atoms with Crippen LogP contribution in [0.15, 0.2) is 24.3 Å². The zero-order valence-corrected chi connectivity index (χ0v) is 17.6. The summed E-state index contributed by atoms with van der Waals surface area (Å²) in [5, 5.41) is 23.9. The minimum Gasteiger partial charge on any atom is -0.322 e. The van der Waals surface area contributed by atoms with Gasteiger partial charge in [0.25, 0.3) is 5.69 Å². The van der Waals surface area contributed by atoms with Gasteiger partial charge in [-0.05, 0) is 18.4 Å². The number of piperazine rings is 1. The number of nitrogens with zero attached hydrogens (tertiary/aromatic N) is 5. The molecule has 10 heteroatoms. The molecule has 1 saturated carbocycles. The highest BCUT2D eigenvalue weighted by atomic mass is 32.1. The first-order valence-corrected chi connectivity index (χ1v) is 11.2. The summed E-state index contributed by atoms with van der Waals surface area (Å²) in [6.07, 6.45) is 6.11. The number of urea groups is 1. The molecule has 0 atom stereocenters. The largest absolute Gasteiger partial charge is 0.323 e. The topological polar surface area (TPSA) is 104 Å². The lowest BCUT2D eigenvalue weighted by molar-refractivity contribution is -0.384. The van der Waals surface area contributed by atoms with Gasteiger partial charge in [-0.2, -0.15) is 0 Å². The van der Waals surface area contributed by atoms with Gasteiger partial charge in [-0.15, -0.1) is 10.2 Å². The van der Waals surface area contributed by atoms with E-state index in [-0.39, 0.29) is 16.6 Å². The highest BCUT2D eigenvalue weighted by Gasteiger charge is 2.24. The van der Waals surface area contributed by atoms with Crippen LogP contribution in [0, 0.1) is 10.1 Å². The van der Waals surface area contributed by atoms with Gasteiger partial charge >= 0.3 is 6.03 Å². The quantitative estimate of drug-likeness (QED) is 0.571. The summed E-state index contributed by atoms with van der Waals surface area (Å²) in [4.78, 5) is 27.1. The highest BCUT2D eigenvalue weighted by Crippen LogP contribution is 2.35. The Labute approximate surface area is 179 Å². The van der Waals surface area contributed by atoms with Gasteiger partial charge in [0, 0.05) is 50.8 Å². The molecule has 1 aliphatic carbocycles. The maximum absolute atomic E-state index is 12.6. The zero-order valence-electron chi connectivity index (χ0n) is 16.8. The van der Waals surface area contributed by atoms with Crippen LogP contribution in [0.1, 0.15) is 48.6 Å². The first-order valence-electron chi connectivity index (χ1n) is 10.4. The van der Waals surface area contributed by atoms with Crippen LogP contribution < -0.4 is 5.32 Å². The molecule has 2 fully saturated rings. The summed E-state index contributed by atoms with van der Waals surface area (Å²) in [5.41, 5.74) is 1.02. The molecule has 1 aromatic carbocycles. The minimum atomic E-state index is -0.376. The van der Waals surface area contributed by atoms with Crippen molar-refractivity contribution in [3.63, 3.8) is 0 Å². The molecule has 2 aliphatic rings. The minimum absolute atomic E-state index is 0.107. The van der Waals surface area contributed by atoms with Crippen molar-refractivity contribution in [2.75, 3.05) is 31.5 Å². The Hall–Kier alpha value is -2.59. The van der Waals surface area contributed by atoms with Gasteiger partial charge in [-0.1, -0.05) is 42.7 Å². The third-order valence-electron chi connectivity index (χ3n) is 5.80. The van der Waals surface area contributed by atoms with Crippen LogP contribution >= 0.6 is 11.3 Å². The average molecular weight is 431 g/mol. The van der Waals surface area contributed by atoms with Gasteiger partial charge in [0.1, 0.15) is 5.01 Å². The van der Waals surface area contributed by atoms with Crippen LogP contribution in [0.3, 0.4) is 0 Å². The van der Waals surface area contributed by atoms with Crippen LogP contribution in [0.5, 0.6) is 0 Å². The number of hydrogen-bond acceptors (Lipinski definition) is 7. The zero-order chi connectivity index (χ0) is 20.9. The van der Waals surface area contributed by atoms with Crippen LogP contribution in [-0.2, 0) is 6.54 Å². The van der Waals surface area contributed by atoms with Crippen molar-refractivity contribution in [2.24, 2.45) is 0 Å². The van der Waals surface area contributed by atoms with Crippen LogP contribution in [0.4, 0.5) is 15.6 Å². The van der Waals surface area contributed by atoms with Crippen molar-refractivity contribution in [1.82, 2.24) is 20.0 Å². The van der Waals surface area contributed by atoms with E-state index in [4.69, 9.17) is 0 Å². The molecule has 2 amide bonds. The fourth-order valence-electron chi connectivity index (χ4n) is 4.11. The Balaban J connectivity index is 1.26. The Bertz CT molecular complexity index is 890. The predicted octanol–water partition coefficient (Wildman–Crippen LogP) is 3.84. The van der Waals surface area contributed by atoms with Gasteiger partial charge in [0.2, 0.25) is 5.13 Å². The number of carbonyl (C=O) groups is 1. The molecule has 4 rings (SSSR count). The van der Waals surface area contributed by atoms with Crippen molar-refractivity contribution >= 4 is 28.2 Å². The molecular weight excluding hydrogens is 404 g/mol. The summed E-state index contributed by atoms with van der Waals surface area (Å²) in [7, 11) is 0. The van der Waals surface area contributed by atoms with E-state index in [9.17, 15) is 14.9 Å². The number of nitrogens with one attached hydrogen (secondary N) is 1. The lowest BCUT2D eigenvalue weighted by atomic mass is 9.90. The second-order valence-corrected chi connectivity index (χ2v) is 8.91. The lowest BCUT2D eigenvalue weighted by Gasteiger charge is -2.34. The molecule has 2 aromatic rings. The van der Waals surface area contributed by atoms with Gasteiger partial charge < -0.3 is 4.90 Å². The first kappa shape index (κ1) is 20.7. The fourth-order valence-corrected chi connectivity index (χ4v) is 5.01. The van der Waals surface area contributed by atoms with Crippen molar-refractivity contribution < 1.29 is 9.72 Å². The Morgan fingerprint density at radius 2 is 1.93 bits per heavy atom. The first-order chi connectivity index (χ1) is 14.6. The highest BCUT2D eigenvalue weighted by molar-refractivity contribution is 7.15. The summed E-state index contributed by atoms with van der Waals surface area (Å²) in [5.74, 6) is 0.485. The number of benzene rings is 1. The normalized spacial score (nSPS) is 18.3. The van der Waals surface area contributed by atoms with Crippen molar-refractivity contribution in [3.05, 3.63) is 45.0 Å². The molecule has 1 saturated heterocycles. The molecule has 0 bridgehead atoms. The van der Waals surface area contributed by atoms with Gasteiger partial charge in [-0.3, -0.25) is 20.3 Å². The van der Waals surface area contributed by atoms with E-state index in [1.807, 2.05) is 6.07 Å². The van der Waals surface area contributed by atoms with Crippen molar-refractivity contribution in [1.29, 1.82) is 0 Å². The smallest absolute Gasteiger partial charge is 0.322 e. The molecule has 1 N–H and O–H groups in total. The maximum Gasteiger partial charge on any atom is 0.323 e. The molecule has 160 valence electrons. The van der Waals surface area contributed by atoms with Gasteiger partial charge in [-0.25, -0.2) is 4.79 Å². The molecule has 2 heterocycles. The lowest BCUT2D eigenvalue weighted by Crippen LogP contribution is -2.49. The summed E-state index contributed by atoms with van der Waals surface area (Å²) < 4.78 is 0. The van der Waals surface area contributed by atoms with E-state index in [2.05, 4.69) is 20.4 Å². The van der Waals surface area contributed by atoms with E-state index in [0.29, 0.717) is 30.7 Å². The number of amides is 2. The van der Waals surface area contributed by atoms with Crippen LogP contribution in [0.25, 0.3) is 0 Å². The van der Waals surface area contributed by atoms with Crippen molar-refractivity contribution in [2.45, 2.75) is 44.6 Å². The van der Waals surface area contributed by atoms with E-state index in [1.54, 1.807) is 17.0 Å². The van der Waals surface area contributed by atoms with E-state index in [1.165, 1.54) is 36.7 Å². The second-order valence-electron chi connectivity index (χ2n) is 7.90. The SMILES string of the molecule is O=C(Nc1nnc(C2CCCCC2)s1)N1CCN(Cc2cccc([N+](=O)[O-])c2)CC1.